The van der Waals surface area contributed by atoms with Crippen molar-refractivity contribution in [2.24, 2.45) is 5.92 Å². The van der Waals surface area contributed by atoms with E-state index in [0.29, 0.717) is 37.3 Å². The number of amides is 1. The third-order valence-electron chi connectivity index (χ3n) is 8.43. The molecule has 2 aromatic rings. The molecule has 3 aliphatic heterocycles. The molecule has 4 aliphatic rings. The number of piperidine rings is 1. The minimum absolute atomic E-state index is 0.0422. The highest BCUT2D eigenvalue weighted by molar-refractivity contribution is 6.31. The third kappa shape index (κ3) is 4.78. The van der Waals surface area contributed by atoms with Crippen LogP contribution in [0.3, 0.4) is 0 Å². The van der Waals surface area contributed by atoms with Gasteiger partial charge >= 0.3 is 0 Å². The van der Waals surface area contributed by atoms with Crippen LogP contribution >= 0.6 is 0 Å². The second kappa shape index (κ2) is 10.4. The Labute approximate surface area is 223 Å². The summed E-state index contributed by atoms with van der Waals surface area (Å²) in [6.07, 6.45) is 5.66. The summed E-state index contributed by atoms with van der Waals surface area (Å²) in [6.45, 7) is 5.43. The number of likely N-dealkylation sites (tertiary alicyclic amines) is 1. The smallest absolute Gasteiger partial charge is 0.236 e. The van der Waals surface area contributed by atoms with E-state index in [4.69, 9.17) is 4.74 Å². The van der Waals surface area contributed by atoms with Crippen molar-refractivity contribution in [1.29, 1.82) is 0 Å². The molecule has 0 bridgehead atoms. The number of likely N-dealkylation sites (N-methyl/N-ethyl adjacent to an activating group) is 1. The van der Waals surface area contributed by atoms with Crippen molar-refractivity contribution in [3.05, 3.63) is 65.0 Å². The van der Waals surface area contributed by atoms with Gasteiger partial charge in [-0.3, -0.25) is 24.3 Å². The van der Waals surface area contributed by atoms with Crippen LogP contribution in [0, 0.1) is 5.92 Å². The number of Topliss-reactive ketones (excluding diaryl/α,β-unsaturated/α-hetero) is 2. The fraction of sp³-hybridized carbons (Fsp3) is 0.467. The molecule has 0 saturated carbocycles. The molecular weight excluding hydrogens is 480 g/mol. The van der Waals surface area contributed by atoms with Gasteiger partial charge in [-0.25, -0.2) is 0 Å². The lowest BCUT2D eigenvalue weighted by atomic mass is 9.87. The van der Waals surface area contributed by atoms with Gasteiger partial charge in [0.15, 0.2) is 11.9 Å². The second-order valence-electron chi connectivity index (χ2n) is 11.0. The average Bonchev–Trinajstić information content (AvgIpc) is 3.49. The zero-order valence-electron chi connectivity index (χ0n) is 21.9. The Morgan fingerprint density at radius 2 is 1.79 bits per heavy atom. The minimum Gasteiger partial charge on any atom is -0.480 e. The quantitative estimate of drug-likeness (QED) is 0.607. The molecule has 8 heteroatoms. The number of ether oxygens (including phenoxy) is 1. The fourth-order valence-corrected chi connectivity index (χ4v) is 6.18. The molecule has 1 amide bonds. The second-order valence-corrected chi connectivity index (χ2v) is 11.0. The maximum absolute atomic E-state index is 14.0. The van der Waals surface area contributed by atoms with E-state index in [1.54, 1.807) is 12.4 Å². The molecule has 2 atom stereocenters. The van der Waals surface area contributed by atoms with Crippen LogP contribution < -0.4 is 0 Å². The zero-order chi connectivity index (χ0) is 26.2. The van der Waals surface area contributed by atoms with Crippen LogP contribution in [-0.2, 0) is 20.7 Å². The Kier molecular flexibility index (Phi) is 6.84. The fourth-order valence-electron chi connectivity index (χ4n) is 6.18. The van der Waals surface area contributed by atoms with E-state index in [2.05, 4.69) is 21.8 Å². The summed E-state index contributed by atoms with van der Waals surface area (Å²) >= 11 is 0. The number of carbonyl (C=O) groups excluding carboxylic acids is 3. The highest BCUT2D eigenvalue weighted by Gasteiger charge is 2.43. The molecule has 2 unspecified atom stereocenters. The Morgan fingerprint density at radius 3 is 2.58 bits per heavy atom. The number of pyridine rings is 1. The van der Waals surface area contributed by atoms with Gasteiger partial charge in [-0.05, 0) is 49.6 Å². The largest absolute Gasteiger partial charge is 0.480 e. The molecular formula is C30H34N4O4. The number of rotatable bonds is 5. The van der Waals surface area contributed by atoms with Crippen LogP contribution in [-0.4, -0.2) is 96.1 Å². The first-order valence-electron chi connectivity index (χ1n) is 13.7. The van der Waals surface area contributed by atoms with Crippen LogP contribution in [0.2, 0.25) is 0 Å². The topological polar surface area (TPSA) is 83.0 Å². The van der Waals surface area contributed by atoms with Gasteiger partial charge < -0.3 is 14.5 Å². The molecule has 2 saturated heterocycles. The first-order valence-corrected chi connectivity index (χ1v) is 13.7. The van der Waals surface area contributed by atoms with E-state index in [-0.39, 0.29) is 23.4 Å². The molecule has 4 heterocycles. The molecule has 198 valence electrons. The Hall–Kier alpha value is -3.36. The van der Waals surface area contributed by atoms with Crippen molar-refractivity contribution in [1.82, 2.24) is 19.7 Å². The molecule has 8 nitrogen and oxygen atoms in total. The number of ketones is 2. The number of aromatic nitrogens is 1. The third-order valence-corrected chi connectivity index (χ3v) is 8.43. The summed E-state index contributed by atoms with van der Waals surface area (Å²) in [5.74, 6) is 0.742. The standard InChI is InChI=1S/C30H34N4O4/c1-32-13-15-33(16-14-32)19-26(36)34-12-2-3-23(18-34)30-28(37)27(29(38-30)20-8-10-31-11-9-20)22-4-6-24-21(17-22)5-7-25(24)35/h4,6,8-11,17,23,30H,2-3,5,7,12-16,18-19H2,1H3. The summed E-state index contributed by atoms with van der Waals surface area (Å²) in [7, 11) is 2.11. The number of hydrogen-bond acceptors (Lipinski definition) is 7. The normalized spacial score (nSPS) is 24.6. The molecule has 0 N–H and O–H groups in total. The number of carbonyl (C=O) groups is 3. The lowest BCUT2D eigenvalue weighted by Crippen LogP contribution is -2.51. The van der Waals surface area contributed by atoms with E-state index >= 15 is 0 Å². The summed E-state index contributed by atoms with van der Waals surface area (Å²) in [5, 5.41) is 0. The first kappa shape index (κ1) is 24.9. The highest BCUT2D eigenvalue weighted by Crippen LogP contribution is 2.41. The number of fused-ring (bicyclic) bond motifs is 1. The van der Waals surface area contributed by atoms with Crippen molar-refractivity contribution < 1.29 is 19.1 Å². The van der Waals surface area contributed by atoms with Crippen molar-refractivity contribution in [2.45, 2.75) is 31.8 Å². The summed E-state index contributed by atoms with van der Waals surface area (Å²) in [6, 6.07) is 9.41. The maximum atomic E-state index is 14.0. The van der Waals surface area contributed by atoms with Gasteiger partial charge in [0.25, 0.3) is 0 Å². The maximum Gasteiger partial charge on any atom is 0.236 e. The van der Waals surface area contributed by atoms with Gasteiger partial charge in [-0.15, -0.1) is 0 Å². The van der Waals surface area contributed by atoms with Crippen LogP contribution in [0.15, 0.2) is 42.7 Å². The van der Waals surface area contributed by atoms with Crippen LogP contribution in [0.1, 0.15) is 46.3 Å². The van der Waals surface area contributed by atoms with E-state index in [1.165, 1.54) is 0 Å². The van der Waals surface area contributed by atoms with E-state index in [9.17, 15) is 14.4 Å². The van der Waals surface area contributed by atoms with Crippen LogP contribution in [0.25, 0.3) is 11.3 Å². The molecule has 1 aromatic heterocycles. The van der Waals surface area contributed by atoms with E-state index in [0.717, 1.165) is 67.8 Å². The lowest BCUT2D eigenvalue weighted by molar-refractivity contribution is -0.137. The summed E-state index contributed by atoms with van der Waals surface area (Å²) in [4.78, 5) is 49.9. The van der Waals surface area contributed by atoms with Gasteiger partial charge in [0, 0.05) is 75.1 Å². The molecule has 6 rings (SSSR count). The van der Waals surface area contributed by atoms with Crippen molar-refractivity contribution >= 4 is 28.8 Å². The Bertz CT molecular complexity index is 1280. The molecule has 2 fully saturated rings. The first-order chi connectivity index (χ1) is 18.5. The van der Waals surface area contributed by atoms with Gasteiger partial charge in [0.05, 0.1) is 12.1 Å². The molecule has 0 radical (unpaired) electrons. The van der Waals surface area contributed by atoms with Gasteiger partial charge in [0.2, 0.25) is 11.7 Å². The number of nitrogens with zero attached hydrogens (tertiary/aromatic N) is 4. The average molecular weight is 515 g/mol. The summed E-state index contributed by atoms with van der Waals surface area (Å²) in [5.41, 5.74) is 3.90. The SMILES string of the molecule is CN1CCN(CC(=O)N2CCCC(C3OC(c4ccncc4)=C(c4ccc5c(c4)CCC5=O)C3=O)C2)CC1. The van der Waals surface area contributed by atoms with Crippen LogP contribution in [0.5, 0.6) is 0 Å². The van der Waals surface area contributed by atoms with E-state index in [1.807, 2.05) is 35.2 Å². The molecule has 38 heavy (non-hydrogen) atoms. The monoisotopic (exact) mass is 514 g/mol. The van der Waals surface area contributed by atoms with Crippen molar-refractivity contribution in [3.63, 3.8) is 0 Å². The zero-order valence-corrected chi connectivity index (χ0v) is 21.9. The Morgan fingerprint density at radius 1 is 1.00 bits per heavy atom. The van der Waals surface area contributed by atoms with Gasteiger partial charge in [-0.2, -0.15) is 0 Å². The van der Waals surface area contributed by atoms with Gasteiger partial charge in [-0.1, -0.05) is 18.2 Å². The Balaban J connectivity index is 1.23. The van der Waals surface area contributed by atoms with Gasteiger partial charge in [0.1, 0.15) is 5.76 Å². The predicted octanol–water partition coefficient (Wildman–Crippen LogP) is 2.53. The minimum atomic E-state index is -0.637. The number of aryl methyl sites for hydroxylation is 1. The highest BCUT2D eigenvalue weighted by atomic mass is 16.5. The molecule has 1 aromatic carbocycles. The van der Waals surface area contributed by atoms with E-state index < -0.39 is 6.10 Å². The van der Waals surface area contributed by atoms with Crippen molar-refractivity contribution in [3.8, 4) is 0 Å². The molecule has 1 aliphatic carbocycles. The number of hydrogen-bond donors (Lipinski definition) is 0. The molecule has 0 spiro atoms. The predicted molar refractivity (Wildman–Crippen MR) is 143 cm³/mol. The summed E-state index contributed by atoms with van der Waals surface area (Å²) < 4.78 is 6.48. The number of piperazine rings is 1. The lowest BCUT2D eigenvalue weighted by Gasteiger charge is -2.37. The van der Waals surface area contributed by atoms with Crippen LogP contribution in [0.4, 0.5) is 0 Å². The van der Waals surface area contributed by atoms with Crippen molar-refractivity contribution in [2.75, 3.05) is 52.9 Å². The number of benzene rings is 1.